The first-order chi connectivity index (χ1) is 20.3. The summed E-state index contributed by atoms with van der Waals surface area (Å²) in [5.41, 5.74) is 8.92. The normalized spacial score (nSPS) is 14.4. The summed E-state index contributed by atoms with van der Waals surface area (Å²) in [5, 5.41) is 10.3. The summed E-state index contributed by atoms with van der Waals surface area (Å²) in [6.07, 6.45) is 4.62. The lowest BCUT2D eigenvalue weighted by Gasteiger charge is -2.32. The molecule has 8 aromatic rings. The van der Waals surface area contributed by atoms with Crippen LogP contribution in [0.5, 0.6) is 0 Å². The molecule has 0 N–H and O–H groups in total. The molecule has 6 aromatic carbocycles. The van der Waals surface area contributed by atoms with Gasteiger partial charge in [0.25, 0.3) is 0 Å². The van der Waals surface area contributed by atoms with Crippen LogP contribution in [-0.4, -0.2) is 8.07 Å². The molecule has 10 rings (SSSR count). The fraction of sp³-hybridized carbons (Fsp3) is 0. The van der Waals surface area contributed by atoms with E-state index in [0.29, 0.717) is 0 Å². The van der Waals surface area contributed by atoms with E-state index < -0.39 is 8.07 Å². The Morgan fingerprint density at radius 1 is 0.366 bits per heavy atom. The van der Waals surface area contributed by atoms with E-state index in [1.807, 2.05) is 12.1 Å². The van der Waals surface area contributed by atoms with Crippen molar-refractivity contribution in [1.29, 1.82) is 0 Å². The van der Waals surface area contributed by atoms with Crippen molar-refractivity contribution in [3.8, 4) is 11.1 Å². The fourth-order valence-electron chi connectivity index (χ4n) is 7.64. The quantitative estimate of drug-likeness (QED) is 0.189. The maximum Gasteiger partial charge on any atom is 0.182 e. The van der Waals surface area contributed by atoms with E-state index in [4.69, 9.17) is 8.83 Å². The predicted molar refractivity (Wildman–Crippen MR) is 173 cm³/mol. The van der Waals surface area contributed by atoms with Crippen molar-refractivity contribution in [3.05, 3.63) is 132 Å². The molecule has 0 atom stereocenters. The van der Waals surface area contributed by atoms with Crippen LogP contribution in [0, 0.1) is 0 Å². The largest absolute Gasteiger partial charge is 0.456 e. The Morgan fingerprint density at radius 3 is 1.51 bits per heavy atom. The van der Waals surface area contributed by atoms with E-state index in [1.54, 1.807) is 0 Å². The van der Waals surface area contributed by atoms with Crippen molar-refractivity contribution < 1.29 is 8.83 Å². The van der Waals surface area contributed by atoms with Crippen LogP contribution in [0.4, 0.5) is 0 Å². The molecule has 190 valence electrons. The molecule has 0 bridgehead atoms. The molecule has 0 radical (unpaired) electrons. The second-order valence-electron chi connectivity index (χ2n) is 11.2. The SMILES string of the molecule is C1=Cc2cc3oc4ccccc4c3cc2[Si]2(c3cc4oc5ccccc5c4cc31)c1ccccc1-c1ccccc12. The van der Waals surface area contributed by atoms with Crippen LogP contribution in [-0.2, 0) is 0 Å². The van der Waals surface area contributed by atoms with Gasteiger partial charge in [0.2, 0.25) is 0 Å². The van der Waals surface area contributed by atoms with E-state index in [-0.39, 0.29) is 0 Å². The smallest absolute Gasteiger partial charge is 0.182 e. The molecule has 4 heterocycles. The Bertz CT molecular complexity index is 2390. The number of fused-ring (bicyclic) bond motifs is 15. The first kappa shape index (κ1) is 21.7. The van der Waals surface area contributed by atoms with Crippen LogP contribution in [0.2, 0.25) is 0 Å². The maximum atomic E-state index is 6.52. The number of benzene rings is 6. The van der Waals surface area contributed by atoms with Crippen LogP contribution in [0.3, 0.4) is 0 Å². The molecule has 0 saturated heterocycles. The van der Waals surface area contributed by atoms with Gasteiger partial charge < -0.3 is 8.83 Å². The monoisotopic (exact) mass is 538 g/mol. The minimum absolute atomic E-state index is 0.930. The van der Waals surface area contributed by atoms with Gasteiger partial charge in [-0.2, -0.15) is 0 Å². The number of rotatable bonds is 0. The van der Waals surface area contributed by atoms with Crippen LogP contribution < -0.4 is 20.7 Å². The van der Waals surface area contributed by atoms with E-state index in [2.05, 4.69) is 121 Å². The number of hydrogen-bond donors (Lipinski definition) is 0. The predicted octanol–water partition coefficient (Wildman–Crippen LogP) is 7.33. The maximum absolute atomic E-state index is 6.52. The lowest BCUT2D eigenvalue weighted by Crippen LogP contribution is -2.73. The number of hydrogen-bond acceptors (Lipinski definition) is 2. The molecule has 0 amide bonds. The highest BCUT2D eigenvalue weighted by Gasteiger charge is 2.51. The molecule has 2 nitrogen and oxygen atoms in total. The molecule has 41 heavy (non-hydrogen) atoms. The Balaban J connectivity index is 1.43. The summed E-state index contributed by atoms with van der Waals surface area (Å²) in [5.74, 6) is 0. The summed E-state index contributed by atoms with van der Waals surface area (Å²) < 4.78 is 12.9. The third-order valence-electron chi connectivity index (χ3n) is 9.30. The summed E-state index contributed by atoms with van der Waals surface area (Å²) in [7, 11) is -2.76. The highest BCUT2D eigenvalue weighted by atomic mass is 28.3. The summed E-state index contributed by atoms with van der Waals surface area (Å²) in [6, 6.07) is 44.3. The molecule has 0 fully saturated rings. The van der Waals surface area contributed by atoms with Gasteiger partial charge in [0.15, 0.2) is 8.07 Å². The first-order valence-corrected chi connectivity index (χ1v) is 16.1. The average molecular weight is 539 g/mol. The van der Waals surface area contributed by atoms with Gasteiger partial charge in [-0.15, -0.1) is 0 Å². The van der Waals surface area contributed by atoms with Crippen molar-refractivity contribution >= 4 is 84.8 Å². The molecular weight excluding hydrogens is 517 g/mol. The van der Waals surface area contributed by atoms with Crippen molar-refractivity contribution in [3.63, 3.8) is 0 Å². The zero-order valence-corrected chi connectivity index (χ0v) is 23.0. The molecule has 0 saturated carbocycles. The zero-order chi connectivity index (χ0) is 26.7. The first-order valence-electron chi connectivity index (χ1n) is 14.1. The highest BCUT2D eigenvalue weighted by molar-refractivity contribution is 7.23. The van der Waals surface area contributed by atoms with Gasteiger partial charge in [-0.3, -0.25) is 0 Å². The Kier molecular flexibility index (Phi) is 3.98. The summed E-state index contributed by atoms with van der Waals surface area (Å²) >= 11 is 0. The minimum Gasteiger partial charge on any atom is -0.456 e. The van der Waals surface area contributed by atoms with Crippen LogP contribution in [0.25, 0.3) is 67.2 Å². The van der Waals surface area contributed by atoms with E-state index >= 15 is 0 Å². The van der Waals surface area contributed by atoms with Gasteiger partial charge in [0.1, 0.15) is 22.3 Å². The van der Waals surface area contributed by atoms with E-state index in [0.717, 1.165) is 33.1 Å². The molecule has 3 heteroatoms. The molecule has 2 aromatic heterocycles. The standard InChI is InChI=1S/C38H22O2Si/c1-5-13-31-25(9-1)29-19-23-17-18-24-20-33-30(26-10-2-6-14-32(26)39-33)21-37(24)41(38(23)22-34(29)40-31)35-15-7-3-11-27(35)28-12-4-8-16-36(28)41/h1-22H. The second kappa shape index (κ2) is 7.54. The van der Waals surface area contributed by atoms with Gasteiger partial charge in [0.05, 0.1) is 0 Å². The Morgan fingerprint density at radius 2 is 0.854 bits per heavy atom. The van der Waals surface area contributed by atoms with Crippen molar-refractivity contribution in [2.75, 3.05) is 0 Å². The van der Waals surface area contributed by atoms with E-state index in [9.17, 15) is 0 Å². The van der Waals surface area contributed by atoms with Crippen LogP contribution >= 0.6 is 0 Å². The van der Waals surface area contributed by atoms with Crippen molar-refractivity contribution in [2.45, 2.75) is 0 Å². The molecule has 0 aliphatic carbocycles. The van der Waals surface area contributed by atoms with Gasteiger partial charge in [0, 0.05) is 21.5 Å². The second-order valence-corrected chi connectivity index (χ2v) is 14.9. The third kappa shape index (κ3) is 2.62. The topological polar surface area (TPSA) is 26.3 Å². The third-order valence-corrected chi connectivity index (χ3v) is 14.3. The van der Waals surface area contributed by atoms with Gasteiger partial charge in [-0.1, -0.05) is 97.1 Å². The van der Waals surface area contributed by atoms with Crippen molar-refractivity contribution in [2.24, 2.45) is 0 Å². The van der Waals surface area contributed by atoms with Gasteiger partial charge in [-0.05, 0) is 79.4 Å². The van der Waals surface area contributed by atoms with Crippen molar-refractivity contribution in [1.82, 2.24) is 0 Å². The summed E-state index contributed by atoms with van der Waals surface area (Å²) in [6.45, 7) is 0. The fourth-order valence-corrected chi connectivity index (χ4v) is 13.2. The summed E-state index contributed by atoms with van der Waals surface area (Å²) in [4.78, 5) is 0. The molecule has 1 spiro atoms. The minimum atomic E-state index is -2.76. The number of para-hydroxylation sites is 2. The van der Waals surface area contributed by atoms with Crippen LogP contribution in [0.1, 0.15) is 11.1 Å². The Labute approximate surface area is 236 Å². The zero-order valence-electron chi connectivity index (χ0n) is 22.0. The molecule has 0 unspecified atom stereocenters. The van der Waals surface area contributed by atoms with Crippen LogP contribution in [0.15, 0.2) is 130 Å². The van der Waals surface area contributed by atoms with Gasteiger partial charge in [-0.25, -0.2) is 0 Å². The molecule has 2 aliphatic heterocycles. The van der Waals surface area contributed by atoms with Gasteiger partial charge >= 0.3 is 0 Å². The molecular formula is C38H22O2Si. The highest BCUT2D eigenvalue weighted by Crippen LogP contribution is 2.37. The molecule has 2 aliphatic rings. The lowest BCUT2D eigenvalue weighted by molar-refractivity contribution is 0.668. The average Bonchev–Trinajstić information content (AvgIpc) is 3.63. The lowest BCUT2D eigenvalue weighted by atomic mass is 10.1. The van der Waals surface area contributed by atoms with E-state index in [1.165, 1.54) is 53.8 Å². The Hall–Kier alpha value is -5.12. The number of furan rings is 2.